The minimum atomic E-state index is -4.50. The summed E-state index contributed by atoms with van der Waals surface area (Å²) >= 11 is 0. The standard InChI is InChI=1S/C28H24F3NO4/c1-16(12-25(33)32-20-7-5-6-19(13-20)28(29,30)31)22-14-23-24(18-8-10-21(34-3)11-9-18)15-36-27(23)17(2)26(22)35-4/h5-15H,1-4H3,(H,32,33)/b16-12+. The molecule has 4 rings (SSSR count). The maximum Gasteiger partial charge on any atom is 0.416 e. The second-order valence-corrected chi connectivity index (χ2v) is 8.23. The third-order valence-corrected chi connectivity index (χ3v) is 5.88. The molecule has 0 unspecified atom stereocenters. The fourth-order valence-electron chi connectivity index (χ4n) is 4.09. The van der Waals surface area contributed by atoms with E-state index >= 15 is 0 Å². The summed E-state index contributed by atoms with van der Waals surface area (Å²) in [5, 5.41) is 3.33. The van der Waals surface area contributed by atoms with Crippen LogP contribution in [0.5, 0.6) is 11.5 Å². The summed E-state index contributed by atoms with van der Waals surface area (Å²) in [6.07, 6.45) is -1.50. The highest BCUT2D eigenvalue weighted by Gasteiger charge is 2.30. The number of rotatable bonds is 6. The van der Waals surface area contributed by atoms with Gasteiger partial charge in [0.05, 0.1) is 26.0 Å². The highest BCUT2D eigenvalue weighted by atomic mass is 19.4. The lowest BCUT2D eigenvalue weighted by Crippen LogP contribution is -2.11. The molecule has 36 heavy (non-hydrogen) atoms. The van der Waals surface area contributed by atoms with Crippen LogP contribution in [-0.2, 0) is 11.0 Å². The van der Waals surface area contributed by atoms with E-state index in [1.807, 2.05) is 37.3 Å². The van der Waals surface area contributed by atoms with Gasteiger partial charge in [0.2, 0.25) is 5.91 Å². The van der Waals surface area contributed by atoms with Gasteiger partial charge in [-0.2, -0.15) is 13.2 Å². The van der Waals surface area contributed by atoms with Crippen LogP contribution in [0.3, 0.4) is 0 Å². The summed E-state index contributed by atoms with van der Waals surface area (Å²) in [5.74, 6) is 0.712. The molecule has 0 atom stereocenters. The first-order chi connectivity index (χ1) is 17.1. The first kappa shape index (κ1) is 24.9. The van der Waals surface area contributed by atoms with Gasteiger partial charge in [0, 0.05) is 33.8 Å². The molecule has 0 fully saturated rings. The summed E-state index contributed by atoms with van der Waals surface area (Å²) in [5.41, 5.74) is 3.65. The van der Waals surface area contributed by atoms with Crippen molar-refractivity contribution < 1.29 is 31.9 Å². The number of hydrogen-bond donors (Lipinski definition) is 1. The molecule has 5 nitrogen and oxygen atoms in total. The number of anilines is 1. The topological polar surface area (TPSA) is 60.7 Å². The molecular weight excluding hydrogens is 471 g/mol. The van der Waals surface area contributed by atoms with Crippen molar-refractivity contribution in [3.8, 4) is 22.6 Å². The Morgan fingerprint density at radius 3 is 2.39 bits per heavy atom. The van der Waals surface area contributed by atoms with Crippen LogP contribution in [0.4, 0.5) is 18.9 Å². The van der Waals surface area contributed by atoms with Crippen LogP contribution >= 0.6 is 0 Å². The van der Waals surface area contributed by atoms with Crippen molar-refractivity contribution >= 4 is 28.1 Å². The first-order valence-corrected chi connectivity index (χ1v) is 11.0. The molecule has 1 aromatic heterocycles. The number of nitrogens with one attached hydrogen (secondary N) is 1. The number of carbonyl (C=O) groups excluding carboxylic acids is 1. The molecule has 0 aliphatic carbocycles. The molecule has 0 aliphatic rings. The molecule has 0 saturated heterocycles. The highest BCUT2D eigenvalue weighted by molar-refractivity contribution is 6.06. The molecule has 0 spiro atoms. The van der Waals surface area contributed by atoms with Crippen molar-refractivity contribution in [1.82, 2.24) is 0 Å². The third kappa shape index (κ3) is 4.93. The van der Waals surface area contributed by atoms with Crippen LogP contribution in [0.25, 0.3) is 27.7 Å². The predicted molar refractivity (Wildman–Crippen MR) is 133 cm³/mol. The Bertz CT molecular complexity index is 1450. The molecule has 0 aliphatic heterocycles. The van der Waals surface area contributed by atoms with E-state index in [9.17, 15) is 18.0 Å². The maximum atomic E-state index is 13.0. The minimum Gasteiger partial charge on any atom is -0.497 e. The van der Waals surface area contributed by atoms with Gasteiger partial charge in [0.1, 0.15) is 17.1 Å². The number of methoxy groups -OCH3 is 2. The minimum absolute atomic E-state index is 0.0501. The van der Waals surface area contributed by atoms with E-state index < -0.39 is 17.6 Å². The average molecular weight is 495 g/mol. The highest BCUT2D eigenvalue weighted by Crippen LogP contribution is 2.41. The molecule has 1 amide bonds. The zero-order valence-electron chi connectivity index (χ0n) is 20.1. The second-order valence-electron chi connectivity index (χ2n) is 8.23. The van der Waals surface area contributed by atoms with Crippen molar-refractivity contribution in [1.29, 1.82) is 0 Å². The maximum absolute atomic E-state index is 13.0. The lowest BCUT2D eigenvalue weighted by molar-refractivity contribution is -0.137. The molecule has 186 valence electrons. The van der Waals surface area contributed by atoms with Crippen molar-refractivity contribution in [2.45, 2.75) is 20.0 Å². The van der Waals surface area contributed by atoms with Gasteiger partial charge in [0.15, 0.2) is 0 Å². The Kier molecular flexibility index (Phi) is 6.79. The largest absolute Gasteiger partial charge is 0.497 e. The number of allylic oxidation sites excluding steroid dienone is 1. The molecule has 1 heterocycles. The Morgan fingerprint density at radius 1 is 1.03 bits per heavy atom. The number of hydrogen-bond acceptors (Lipinski definition) is 4. The van der Waals surface area contributed by atoms with E-state index in [1.165, 1.54) is 25.3 Å². The molecule has 1 N–H and O–H groups in total. The average Bonchev–Trinajstić information content (AvgIpc) is 3.28. The van der Waals surface area contributed by atoms with Crippen LogP contribution in [0.2, 0.25) is 0 Å². The molecule has 0 bridgehead atoms. The Morgan fingerprint density at radius 2 is 1.75 bits per heavy atom. The van der Waals surface area contributed by atoms with Crippen molar-refractivity contribution in [2.24, 2.45) is 0 Å². The number of amides is 1. The lowest BCUT2D eigenvalue weighted by Gasteiger charge is -2.14. The van der Waals surface area contributed by atoms with Crippen LogP contribution in [-0.4, -0.2) is 20.1 Å². The van der Waals surface area contributed by atoms with Crippen molar-refractivity contribution in [3.05, 3.63) is 83.6 Å². The number of furan rings is 1. The smallest absolute Gasteiger partial charge is 0.416 e. The third-order valence-electron chi connectivity index (χ3n) is 5.88. The molecule has 3 aromatic carbocycles. The van der Waals surface area contributed by atoms with Gasteiger partial charge < -0.3 is 19.2 Å². The number of alkyl halides is 3. The number of benzene rings is 3. The van der Waals surface area contributed by atoms with Crippen molar-refractivity contribution in [2.75, 3.05) is 19.5 Å². The zero-order chi connectivity index (χ0) is 26.0. The normalized spacial score (nSPS) is 12.0. The first-order valence-electron chi connectivity index (χ1n) is 11.0. The van der Waals surface area contributed by atoms with Gasteiger partial charge in [-0.25, -0.2) is 0 Å². The fourth-order valence-corrected chi connectivity index (χ4v) is 4.09. The fraction of sp³-hybridized carbons (Fsp3) is 0.179. The summed E-state index contributed by atoms with van der Waals surface area (Å²) in [6.45, 7) is 3.60. The van der Waals surface area contributed by atoms with E-state index in [1.54, 1.807) is 20.3 Å². The molecule has 0 radical (unpaired) electrons. The summed E-state index contributed by atoms with van der Waals surface area (Å²) in [4.78, 5) is 12.7. The Labute approximate surface area is 206 Å². The van der Waals surface area contributed by atoms with Crippen LogP contribution in [0.15, 0.2) is 71.4 Å². The number of halogens is 3. The second kappa shape index (κ2) is 9.81. The van der Waals surface area contributed by atoms with Gasteiger partial charge >= 0.3 is 6.18 Å². The van der Waals surface area contributed by atoms with Gasteiger partial charge in [-0.15, -0.1) is 0 Å². The molecular formula is C28H24F3NO4. The van der Waals surface area contributed by atoms with E-state index in [0.717, 1.165) is 40.0 Å². The lowest BCUT2D eigenvalue weighted by atomic mass is 9.96. The summed E-state index contributed by atoms with van der Waals surface area (Å²) in [7, 11) is 3.13. The molecule has 8 heteroatoms. The van der Waals surface area contributed by atoms with Gasteiger partial charge in [-0.3, -0.25) is 4.79 Å². The molecule has 0 saturated carbocycles. The molecule has 4 aromatic rings. The zero-order valence-corrected chi connectivity index (χ0v) is 20.1. The van der Waals surface area contributed by atoms with Gasteiger partial charge in [0.25, 0.3) is 0 Å². The number of ether oxygens (including phenoxy) is 2. The SMILES string of the molecule is COc1ccc(-c2coc3c(C)c(OC)c(/C(C)=C/C(=O)Nc4cccc(C(F)(F)F)c4)cc23)cc1. The number of fused-ring (bicyclic) bond motifs is 1. The quantitative estimate of drug-likeness (QED) is 0.282. The monoisotopic (exact) mass is 495 g/mol. The number of carbonyl (C=O) groups is 1. The predicted octanol–water partition coefficient (Wildman–Crippen LogP) is 7.49. The van der Waals surface area contributed by atoms with E-state index in [-0.39, 0.29) is 5.69 Å². The van der Waals surface area contributed by atoms with Crippen LogP contribution in [0, 0.1) is 6.92 Å². The summed E-state index contributed by atoms with van der Waals surface area (Å²) in [6, 6.07) is 13.9. The van der Waals surface area contributed by atoms with Crippen LogP contribution in [0.1, 0.15) is 23.6 Å². The van der Waals surface area contributed by atoms with Crippen LogP contribution < -0.4 is 14.8 Å². The van der Waals surface area contributed by atoms with Crippen molar-refractivity contribution in [3.63, 3.8) is 0 Å². The Hall–Kier alpha value is -4.20. The van der Waals surface area contributed by atoms with E-state index in [4.69, 9.17) is 13.9 Å². The Balaban J connectivity index is 1.71. The number of aryl methyl sites for hydroxylation is 1. The van der Waals surface area contributed by atoms with Gasteiger partial charge in [-0.1, -0.05) is 18.2 Å². The van der Waals surface area contributed by atoms with E-state index in [2.05, 4.69) is 5.32 Å². The van der Waals surface area contributed by atoms with Gasteiger partial charge in [-0.05, 0) is 61.4 Å². The summed E-state index contributed by atoms with van der Waals surface area (Å²) < 4.78 is 55.7. The van der Waals surface area contributed by atoms with E-state index in [0.29, 0.717) is 22.5 Å².